The summed E-state index contributed by atoms with van der Waals surface area (Å²) < 4.78 is 0.959. The fraction of sp³-hybridized carbons (Fsp3) is 0.909. The predicted octanol–water partition coefficient (Wildman–Crippen LogP) is 3.97. The highest BCUT2D eigenvalue weighted by Gasteiger charge is 1.94. The number of nitrogens with one attached hydrogen (secondary N) is 1. The zero-order valence-corrected chi connectivity index (χ0v) is 11.1. The van der Waals surface area contributed by atoms with Crippen LogP contribution in [0, 0.1) is 0 Å². The van der Waals surface area contributed by atoms with E-state index in [1.807, 2.05) is 0 Å². The summed E-state index contributed by atoms with van der Waals surface area (Å²) in [7, 11) is 0. The second-order valence-electron chi connectivity index (χ2n) is 3.42. The second-order valence-corrected chi connectivity index (χ2v) is 5.36. The Morgan fingerprint density at radius 1 is 1.07 bits per heavy atom. The lowest BCUT2D eigenvalue weighted by atomic mass is 10.1. The first-order chi connectivity index (χ1) is 6.81. The van der Waals surface area contributed by atoms with Gasteiger partial charge in [0.1, 0.15) is 4.32 Å². The van der Waals surface area contributed by atoms with E-state index >= 15 is 0 Å². The van der Waals surface area contributed by atoms with Crippen LogP contribution in [-0.4, -0.2) is 16.6 Å². The molecule has 0 aromatic rings. The molecule has 1 N–H and O–H groups in total. The van der Waals surface area contributed by atoms with Crippen molar-refractivity contribution in [3.05, 3.63) is 0 Å². The molecule has 0 aliphatic heterocycles. The summed E-state index contributed by atoms with van der Waals surface area (Å²) in [6.45, 7) is 5.43. The number of hydrogen-bond acceptors (Lipinski definition) is 2. The van der Waals surface area contributed by atoms with Crippen molar-refractivity contribution in [1.29, 1.82) is 0 Å². The largest absolute Gasteiger partial charge is 0.371 e. The van der Waals surface area contributed by atoms with Crippen molar-refractivity contribution in [1.82, 2.24) is 5.32 Å². The van der Waals surface area contributed by atoms with Crippen LogP contribution >= 0.6 is 24.0 Å². The molecule has 0 amide bonds. The Morgan fingerprint density at radius 3 is 2.36 bits per heavy atom. The average molecular weight is 233 g/mol. The number of hydrogen-bond donors (Lipinski definition) is 1. The van der Waals surface area contributed by atoms with Gasteiger partial charge in [0.05, 0.1) is 0 Å². The van der Waals surface area contributed by atoms with Gasteiger partial charge in [-0.05, 0) is 12.2 Å². The summed E-state index contributed by atoms with van der Waals surface area (Å²) in [6.07, 6.45) is 8.08. The van der Waals surface area contributed by atoms with Crippen molar-refractivity contribution in [3.8, 4) is 0 Å². The minimum absolute atomic E-state index is 0.959. The van der Waals surface area contributed by atoms with Crippen molar-refractivity contribution in [3.63, 3.8) is 0 Å². The van der Waals surface area contributed by atoms with Crippen molar-refractivity contribution in [2.75, 3.05) is 12.3 Å². The molecule has 1 nitrogen and oxygen atoms in total. The number of thioether (sulfide) groups is 1. The van der Waals surface area contributed by atoms with Gasteiger partial charge in [-0.3, -0.25) is 0 Å². The van der Waals surface area contributed by atoms with Gasteiger partial charge < -0.3 is 5.32 Å². The predicted molar refractivity (Wildman–Crippen MR) is 72.1 cm³/mol. The van der Waals surface area contributed by atoms with Gasteiger partial charge in [-0.25, -0.2) is 0 Å². The first-order valence-corrected chi connectivity index (χ1v) is 7.11. The van der Waals surface area contributed by atoms with E-state index in [1.165, 1.54) is 38.5 Å². The SMILES string of the molecule is CCCCCCCCNC(=S)SCC. The van der Waals surface area contributed by atoms with E-state index in [2.05, 4.69) is 19.2 Å². The van der Waals surface area contributed by atoms with Crippen LogP contribution in [0.25, 0.3) is 0 Å². The Hall–Kier alpha value is 0.240. The van der Waals surface area contributed by atoms with Gasteiger partial charge in [-0.15, -0.1) is 0 Å². The number of rotatable bonds is 8. The Kier molecular flexibility index (Phi) is 11.5. The van der Waals surface area contributed by atoms with Crippen molar-refractivity contribution in [2.24, 2.45) is 0 Å². The van der Waals surface area contributed by atoms with E-state index < -0.39 is 0 Å². The summed E-state index contributed by atoms with van der Waals surface area (Å²) in [5, 5.41) is 3.27. The highest BCUT2D eigenvalue weighted by atomic mass is 32.2. The van der Waals surface area contributed by atoms with Gasteiger partial charge in [0.2, 0.25) is 0 Å². The normalized spacial score (nSPS) is 10.1. The van der Waals surface area contributed by atoms with Crippen molar-refractivity contribution >= 4 is 28.3 Å². The van der Waals surface area contributed by atoms with Crippen LogP contribution in [0.15, 0.2) is 0 Å². The molecule has 0 aromatic heterocycles. The molecule has 0 heterocycles. The van der Waals surface area contributed by atoms with Gasteiger partial charge in [0, 0.05) is 6.54 Å². The Morgan fingerprint density at radius 2 is 1.71 bits per heavy atom. The Balaban J connectivity index is 3.01. The summed E-state index contributed by atoms with van der Waals surface area (Å²) >= 11 is 6.85. The Labute approximate surface area is 98.4 Å². The van der Waals surface area contributed by atoms with E-state index in [9.17, 15) is 0 Å². The highest BCUT2D eigenvalue weighted by molar-refractivity contribution is 8.22. The van der Waals surface area contributed by atoms with Crippen LogP contribution in [0.2, 0.25) is 0 Å². The third-order valence-corrected chi connectivity index (χ3v) is 3.27. The van der Waals surface area contributed by atoms with Gasteiger partial charge in [0.15, 0.2) is 0 Å². The standard InChI is InChI=1S/C11H23NS2/c1-3-5-6-7-8-9-10-12-11(13)14-4-2/h3-10H2,1-2H3,(H,12,13). The monoisotopic (exact) mass is 233 g/mol. The molecule has 0 saturated carbocycles. The quantitative estimate of drug-likeness (QED) is 0.503. The molecule has 84 valence electrons. The van der Waals surface area contributed by atoms with E-state index in [4.69, 9.17) is 12.2 Å². The molecule has 0 aliphatic rings. The topological polar surface area (TPSA) is 12.0 Å². The van der Waals surface area contributed by atoms with Crippen LogP contribution in [0.5, 0.6) is 0 Å². The molecule has 0 fully saturated rings. The summed E-state index contributed by atoms with van der Waals surface area (Å²) in [6, 6.07) is 0. The third kappa shape index (κ3) is 10.3. The molecule has 0 radical (unpaired) electrons. The summed E-state index contributed by atoms with van der Waals surface area (Å²) in [5.41, 5.74) is 0. The first kappa shape index (κ1) is 14.2. The molecule has 0 aliphatic carbocycles. The van der Waals surface area contributed by atoms with Gasteiger partial charge in [-0.2, -0.15) is 0 Å². The average Bonchev–Trinajstić information content (AvgIpc) is 2.17. The molecule has 0 unspecified atom stereocenters. The molecule has 0 saturated heterocycles. The fourth-order valence-electron chi connectivity index (χ4n) is 1.28. The molecule has 0 bridgehead atoms. The lowest BCUT2D eigenvalue weighted by molar-refractivity contribution is 0.603. The molecule has 0 aromatic carbocycles. The van der Waals surface area contributed by atoms with Crippen LogP contribution < -0.4 is 5.32 Å². The van der Waals surface area contributed by atoms with Crippen LogP contribution in [0.1, 0.15) is 52.4 Å². The third-order valence-electron chi connectivity index (χ3n) is 2.08. The number of unbranched alkanes of at least 4 members (excludes halogenated alkanes) is 5. The molecular formula is C11H23NS2. The maximum atomic E-state index is 5.12. The highest BCUT2D eigenvalue weighted by Crippen LogP contribution is 2.05. The molecule has 3 heteroatoms. The zero-order valence-electron chi connectivity index (χ0n) is 9.47. The second kappa shape index (κ2) is 11.3. The zero-order chi connectivity index (χ0) is 10.6. The lowest BCUT2D eigenvalue weighted by Gasteiger charge is -2.05. The van der Waals surface area contributed by atoms with Gasteiger partial charge in [0.25, 0.3) is 0 Å². The molecule has 0 rings (SSSR count). The van der Waals surface area contributed by atoms with Crippen LogP contribution in [0.3, 0.4) is 0 Å². The van der Waals surface area contributed by atoms with E-state index in [1.54, 1.807) is 11.8 Å². The van der Waals surface area contributed by atoms with Crippen LogP contribution in [0.4, 0.5) is 0 Å². The number of thiocarbonyl (C=S) groups is 1. The van der Waals surface area contributed by atoms with Crippen LogP contribution in [-0.2, 0) is 0 Å². The van der Waals surface area contributed by atoms with Crippen molar-refractivity contribution in [2.45, 2.75) is 52.4 Å². The van der Waals surface area contributed by atoms with E-state index in [-0.39, 0.29) is 0 Å². The van der Waals surface area contributed by atoms with Gasteiger partial charge in [-0.1, -0.05) is 69.9 Å². The molecular weight excluding hydrogens is 210 g/mol. The molecule has 0 atom stereocenters. The molecule has 14 heavy (non-hydrogen) atoms. The summed E-state index contributed by atoms with van der Waals surface area (Å²) in [4.78, 5) is 0. The summed E-state index contributed by atoms with van der Waals surface area (Å²) in [5.74, 6) is 1.07. The first-order valence-electron chi connectivity index (χ1n) is 5.71. The Bertz CT molecular complexity index is 137. The van der Waals surface area contributed by atoms with E-state index in [0.29, 0.717) is 0 Å². The molecule has 0 spiro atoms. The fourth-order valence-corrected chi connectivity index (χ4v) is 2.20. The minimum atomic E-state index is 0.959. The minimum Gasteiger partial charge on any atom is -0.371 e. The maximum Gasteiger partial charge on any atom is 0.133 e. The van der Waals surface area contributed by atoms with E-state index in [0.717, 1.165) is 16.6 Å². The van der Waals surface area contributed by atoms with Crippen molar-refractivity contribution < 1.29 is 0 Å². The smallest absolute Gasteiger partial charge is 0.133 e. The van der Waals surface area contributed by atoms with Gasteiger partial charge >= 0.3 is 0 Å². The lowest BCUT2D eigenvalue weighted by Crippen LogP contribution is -2.19. The maximum absolute atomic E-state index is 5.12.